The molecule has 0 bridgehead atoms. The molecular formula is C20H18BrClN2O4. The lowest BCUT2D eigenvalue weighted by molar-refractivity contribution is -0.117. The van der Waals surface area contributed by atoms with Crippen molar-refractivity contribution in [2.45, 2.75) is 13.8 Å². The summed E-state index contributed by atoms with van der Waals surface area (Å²) in [4.78, 5) is 25.1. The van der Waals surface area contributed by atoms with Gasteiger partial charge in [0.1, 0.15) is 5.57 Å². The Kier molecular flexibility index (Phi) is 6.26. The summed E-state index contributed by atoms with van der Waals surface area (Å²) in [6, 6.07) is 10.4. The quantitative estimate of drug-likeness (QED) is 0.508. The summed E-state index contributed by atoms with van der Waals surface area (Å²) in [6.07, 6.45) is 1.49. The van der Waals surface area contributed by atoms with Gasteiger partial charge < -0.3 is 9.47 Å². The van der Waals surface area contributed by atoms with Crippen molar-refractivity contribution in [3.63, 3.8) is 0 Å². The molecule has 0 aromatic heterocycles. The highest BCUT2D eigenvalue weighted by molar-refractivity contribution is 9.10. The summed E-state index contributed by atoms with van der Waals surface area (Å²) in [5, 5.41) is 1.55. The predicted octanol–water partition coefficient (Wildman–Crippen LogP) is 4.36. The number of halogens is 2. The number of carbonyl (C=O) groups excluding carboxylic acids is 2. The Morgan fingerprint density at radius 3 is 2.43 bits per heavy atom. The van der Waals surface area contributed by atoms with Crippen LogP contribution in [0, 0.1) is 0 Å². The first-order valence-electron chi connectivity index (χ1n) is 8.66. The first kappa shape index (κ1) is 20.2. The third-order valence-electron chi connectivity index (χ3n) is 3.91. The molecule has 0 radical (unpaired) electrons. The van der Waals surface area contributed by atoms with E-state index in [0.717, 1.165) is 4.47 Å². The average molecular weight is 466 g/mol. The molecule has 0 atom stereocenters. The fourth-order valence-corrected chi connectivity index (χ4v) is 3.25. The zero-order valence-electron chi connectivity index (χ0n) is 15.3. The van der Waals surface area contributed by atoms with Crippen LogP contribution in [0.4, 0.5) is 5.69 Å². The molecule has 1 heterocycles. The van der Waals surface area contributed by atoms with Crippen molar-refractivity contribution in [1.29, 1.82) is 0 Å². The van der Waals surface area contributed by atoms with E-state index in [2.05, 4.69) is 21.4 Å². The Bertz CT molecular complexity index is 944. The third kappa shape index (κ3) is 4.15. The lowest BCUT2D eigenvalue weighted by Crippen LogP contribution is -2.35. The van der Waals surface area contributed by atoms with Crippen LogP contribution >= 0.6 is 27.5 Å². The molecule has 2 amide bonds. The van der Waals surface area contributed by atoms with Crippen LogP contribution in [0.15, 0.2) is 46.4 Å². The van der Waals surface area contributed by atoms with Gasteiger partial charge in [-0.25, -0.2) is 5.01 Å². The summed E-state index contributed by atoms with van der Waals surface area (Å²) < 4.78 is 12.0. The van der Waals surface area contributed by atoms with Crippen molar-refractivity contribution in [1.82, 2.24) is 5.43 Å². The minimum atomic E-state index is -0.490. The fraction of sp³-hybridized carbons (Fsp3) is 0.200. The van der Waals surface area contributed by atoms with Crippen molar-refractivity contribution >= 4 is 51.1 Å². The Morgan fingerprint density at radius 2 is 1.79 bits per heavy atom. The van der Waals surface area contributed by atoms with E-state index in [1.54, 1.807) is 36.4 Å². The number of carbonyl (C=O) groups is 2. The largest absolute Gasteiger partial charge is 0.490 e. The topological polar surface area (TPSA) is 67.9 Å². The summed E-state index contributed by atoms with van der Waals surface area (Å²) >= 11 is 9.66. The molecule has 146 valence electrons. The number of ether oxygens (including phenoxy) is 2. The number of nitrogens with zero attached hydrogens (tertiary/aromatic N) is 1. The maximum absolute atomic E-state index is 12.7. The number of anilines is 1. The summed E-state index contributed by atoms with van der Waals surface area (Å²) in [5.41, 5.74) is 3.70. The van der Waals surface area contributed by atoms with Crippen molar-refractivity contribution in [3.8, 4) is 11.5 Å². The Hall–Kier alpha value is -2.51. The van der Waals surface area contributed by atoms with E-state index in [9.17, 15) is 9.59 Å². The third-order valence-corrected chi connectivity index (χ3v) is 4.72. The van der Waals surface area contributed by atoms with Gasteiger partial charge in [-0.05, 0) is 61.9 Å². The van der Waals surface area contributed by atoms with Gasteiger partial charge >= 0.3 is 0 Å². The van der Waals surface area contributed by atoms with Crippen LogP contribution in [-0.2, 0) is 9.59 Å². The van der Waals surface area contributed by atoms with Crippen LogP contribution in [0.2, 0.25) is 5.02 Å². The van der Waals surface area contributed by atoms with Gasteiger partial charge in [-0.3, -0.25) is 15.0 Å². The lowest BCUT2D eigenvalue weighted by atomic mass is 10.1. The molecular weight excluding hydrogens is 448 g/mol. The molecule has 0 aliphatic carbocycles. The number of benzene rings is 2. The van der Waals surface area contributed by atoms with Crippen LogP contribution in [-0.4, -0.2) is 25.0 Å². The smallest absolute Gasteiger partial charge is 0.282 e. The molecule has 1 fully saturated rings. The highest BCUT2D eigenvalue weighted by Gasteiger charge is 2.34. The second-order valence-corrected chi connectivity index (χ2v) is 7.13. The molecule has 2 aromatic carbocycles. The number of hydrogen-bond donors (Lipinski definition) is 1. The van der Waals surface area contributed by atoms with E-state index >= 15 is 0 Å². The molecule has 2 aromatic rings. The highest BCUT2D eigenvalue weighted by atomic mass is 79.9. The number of hydrogen-bond acceptors (Lipinski definition) is 4. The van der Waals surface area contributed by atoms with Crippen molar-refractivity contribution in [2.24, 2.45) is 0 Å². The van der Waals surface area contributed by atoms with Crippen molar-refractivity contribution in [2.75, 3.05) is 18.2 Å². The summed E-state index contributed by atoms with van der Waals surface area (Å²) in [5.74, 6) is -0.0441. The monoisotopic (exact) mass is 464 g/mol. The Morgan fingerprint density at radius 1 is 1.11 bits per heavy atom. The van der Waals surface area contributed by atoms with Crippen molar-refractivity contribution < 1.29 is 19.1 Å². The number of rotatable bonds is 6. The Balaban J connectivity index is 1.95. The number of hydrazine groups is 1. The maximum atomic E-state index is 12.7. The van der Waals surface area contributed by atoms with Gasteiger partial charge in [-0.15, -0.1) is 0 Å². The second kappa shape index (κ2) is 8.67. The van der Waals surface area contributed by atoms with Gasteiger partial charge in [0, 0.05) is 4.47 Å². The van der Waals surface area contributed by atoms with Gasteiger partial charge in [0.15, 0.2) is 11.5 Å². The highest BCUT2D eigenvalue weighted by Crippen LogP contribution is 2.37. The molecule has 0 spiro atoms. The van der Waals surface area contributed by atoms with Crippen LogP contribution in [0.5, 0.6) is 11.5 Å². The average Bonchev–Trinajstić information content (AvgIpc) is 2.94. The molecule has 1 saturated heterocycles. The van der Waals surface area contributed by atoms with Crippen LogP contribution in [0.25, 0.3) is 6.08 Å². The van der Waals surface area contributed by atoms with Gasteiger partial charge in [-0.2, -0.15) is 0 Å². The second-order valence-electron chi connectivity index (χ2n) is 5.81. The normalized spacial score (nSPS) is 15.1. The van der Waals surface area contributed by atoms with E-state index in [-0.39, 0.29) is 5.57 Å². The molecule has 1 N–H and O–H groups in total. The van der Waals surface area contributed by atoms with Crippen LogP contribution in [0.3, 0.4) is 0 Å². The van der Waals surface area contributed by atoms with Gasteiger partial charge in [0.25, 0.3) is 11.8 Å². The molecule has 28 heavy (non-hydrogen) atoms. The van der Waals surface area contributed by atoms with E-state index in [0.29, 0.717) is 41.0 Å². The van der Waals surface area contributed by atoms with Gasteiger partial charge in [-0.1, -0.05) is 27.5 Å². The lowest BCUT2D eigenvalue weighted by Gasteiger charge is -2.14. The predicted molar refractivity (Wildman–Crippen MR) is 112 cm³/mol. The van der Waals surface area contributed by atoms with E-state index in [4.69, 9.17) is 21.1 Å². The SMILES string of the molecule is CCOc1cc(/C=C2/C(=O)NN(c3ccc(Br)cc3)C2=O)cc(Cl)c1OCC. The molecule has 1 aliphatic rings. The minimum Gasteiger partial charge on any atom is -0.490 e. The van der Waals surface area contributed by atoms with E-state index < -0.39 is 11.8 Å². The molecule has 6 nitrogen and oxygen atoms in total. The first-order chi connectivity index (χ1) is 13.4. The minimum absolute atomic E-state index is 0.00518. The van der Waals surface area contributed by atoms with Gasteiger partial charge in [0.2, 0.25) is 0 Å². The first-order valence-corrected chi connectivity index (χ1v) is 9.83. The molecule has 0 saturated carbocycles. The van der Waals surface area contributed by atoms with Crippen LogP contribution in [0.1, 0.15) is 19.4 Å². The van der Waals surface area contributed by atoms with E-state index in [1.807, 2.05) is 13.8 Å². The number of amides is 2. The number of nitrogens with one attached hydrogen (secondary N) is 1. The maximum Gasteiger partial charge on any atom is 0.282 e. The zero-order valence-corrected chi connectivity index (χ0v) is 17.6. The molecule has 8 heteroatoms. The fourth-order valence-electron chi connectivity index (χ4n) is 2.71. The van der Waals surface area contributed by atoms with E-state index in [1.165, 1.54) is 11.1 Å². The molecule has 1 aliphatic heterocycles. The molecule has 3 rings (SSSR count). The Labute approximate surface area is 176 Å². The van der Waals surface area contributed by atoms with Crippen LogP contribution < -0.4 is 19.9 Å². The summed E-state index contributed by atoms with van der Waals surface area (Å²) in [6.45, 7) is 4.55. The molecule has 0 unspecified atom stereocenters. The summed E-state index contributed by atoms with van der Waals surface area (Å²) in [7, 11) is 0. The van der Waals surface area contributed by atoms with Crippen molar-refractivity contribution in [3.05, 3.63) is 57.0 Å². The standard InChI is InChI=1S/C20H18BrClN2O4/c1-3-27-17-11-12(10-16(22)18(17)28-4-2)9-15-19(25)23-24(20(15)26)14-7-5-13(21)6-8-14/h5-11H,3-4H2,1-2H3,(H,23,25)/b15-9-. The zero-order chi connectivity index (χ0) is 20.3. The van der Waals surface area contributed by atoms with Gasteiger partial charge in [0.05, 0.1) is 23.9 Å².